The quantitative estimate of drug-likeness (QED) is 0.716. The Morgan fingerprint density at radius 2 is 2.04 bits per heavy atom. The SMILES string of the molecule is Cc1ccc(C[C@@H](C)NC(=O)NCCC(=O)NC2CCCC2)s1. The van der Waals surface area contributed by atoms with Gasteiger partial charge in [-0.1, -0.05) is 12.8 Å². The number of thiophene rings is 1. The van der Waals surface area contributed by atoms with Crippen molar-refractivity contribution in [3.63, 3.8) is 0 Å². The van der Waals surface area contributed by atoms with Crippen LogP contribution in [0.2, 0.25) is 0 Å². The topological polar surface area (TPSA) is 70.2 Å². The Labute approximate surface area is 142 Å². The maximum atomic E-state index is 11.8. The number of nitrogens with one attached hydrogen (secondary N) is 3. The summed E-state index contributed by atoms with van der Waals surface area (Å²) in [6.07, 6.45) is 5.73. The molecule has 0 saturated heterocycles. The fourth-order valence-corrected chi connectivity index (χ4v) is 3.90. The van der Waals surface area contributed by atoms with Gasteiger partial charge in [-0.3, -0.25) is 4.79 Å². The molecule has 0 spiro atoms. The van der Waals surface area contributed by atoms with Crippen molar-refractivity contribution in [2.75, 3.05) is 6.54 Å². The number of carbonyl (C=O) groups excluding carboxylic acids is 2. The molecule has 1 heterocycles. The van der Waals surface area contributed by atoms with Gasteiger partial charge in [0.05, 0.1) is 0 Å². The van der Waals surface area contributed by atoms with Gasteiger partial charge >= 0.3 is 6.03 Å². The van der Waals surface area contributed by atoms with Gasteiger partial charge in [0.25, 0.3) is 0 Å². The van der Waals surface area contributed by atoms with Crippen molar-refractivity contribution in [1.29, 1.82) is 0 Å². The summed E-state index contributed by atoms with van der Waals surface area (Å²) in [5, 5.41) is 8.68. The molecule has 1 aliphatic rings. The lowest BCUT2D eigenvalue weighted by molar-refractivity contribution is -0.121. The first-order valence-electron chi connectivity index (χ1n) is 8.42. The van der Waals surface area contributed by atoms with Crippen LogP contribution < -0.4 is 16.0 Å². The number of hydrogen-bond acceptors (Lipinski definition) is 3. The Morgan fingerprint density at radius 1 is 1.30 bits per heavy atom. The Hall–Kier alpha value is -1.56. The summed E-state index contributed by atoms with van der Waals surface area (Å²) < 4.78 is 0. The summed E-state index contributed by atoms with van der Waals surface area (Å²) in [5.41, 5.74) is 0. The average molecular weight is 337 g/mol. The molecule has 1 aliphatic carbocycles. The van der Waals surface area contributed by atoms with E-state index in [1.807, 2.05) is 6.92 Å². The molecule has 1 saturated carbocycles. The molecule has 5 nitrogen and oxygen atoms in total. The molecule has 0 aliphatic heterocycles. The second-order valence-electron chi connectivity index (χ2n) is 6.32. The van der Waals surface area contributed by atoms with Gasteiger partial charge < -0.3 is 16.0 Å². The van der Waals surface area contributed by atoms with E-state index in [1.54, 1.807) is 11.3 Å². The van der Waals surface area contributed by atoms with Crippen molar-refractivity contribution < 1.29 is 9.59 Å². The molecule has 1 atom stereocenters. The van der Waals surface area contributed by atoms with Crippen molar-refractivity contribution >= 4 is 23.3 Å². The van der Waals surface area contributed by atoms with Crippen LogP contribution in [0.3, 0.4) is 0 Å². The van der Waals surface area contributed by atoms with Crippen LogP contribution in [-0.2, 0) is 11.2 Å². The van der Waals surface area contributed by atoms with Crippen molar-refractivity contribution in [2.24, 2.45) is 0 Å². The molecule has 1 aromatic rings. The van der Waals surface area contributed by atoms with Gasteiger partial charge in [-0.05, 0) is 38.8 Å². The highest BCUT2D eigenvalue weighted by atomic mass is 32.1. The Balaban J connectivity index is 1.57. The minimum atomic E-state index is -0.209. The van der Waals surface area contributed by atoms with Gasteiger partial charge in [0.1, 0.15) is 0 Å². The third-order valence-corrected chi connectivity index (χ3v) is 5.06. The summed E-state index contributed by atoms with van der Waals surface area (Å²) in [6, 6.07) is 4.39. The average Bonchev–Trinajstić information content (AvgIpc) is 3.10. The number of carbonyl (C=O) groups is 2. The zero-order valence-electron chi connectivity index (χ0n) is 14.0. The first kappa shape index (κ1) is 17.8. The van der Waals surface area contributed by atoms with Crippen molar-refractivity contribution in [2.45, 2.75) is 64.5 Å². The highest BCUT2D eigenvalue weighted by Gasteiger charge is 2.17. The highest BCUT2D eigenvalue weighted by Crippen LogP contribution is 2.17. The van der Waals surface area contributed by atoms with E-state index in [2.05, 4.69) is 35.0 Å². The lowest BCUT2D eigenvalue weighted by Gasteiger charge is -2.15. The number of hydrogen-bond donors (Lipinski definition) is 3. The number of urea groups is 1. The standard InChI is InChI=1S/C17H27N3O2S/c1-12(11-15-8-7-13(2)23-15)19-17(22)18-10-9-16(21)20-14-5-3-4-6-14/h7-8,12,14H,3-6,9-11H2,1-2H3,(H,20,21)(H2,18,19,22)/t12-/m1/s1. The van der Waals surface area contributed by atoms with E-state index < -0.39 is 0 Å². The molecule has 3 amide bonds. The van der Waals surface area contributed by atoms with Gasteiger partial charge in [-0.15, -0.1) is 11.3 Å². The second-order valence-corrected chi connectivity index (χ2v) is 7.69. The van der Waals surface area contributed by atoms with Crippen molar-refractivity contribution in [3.05, 3.63) is 21.9 Å². The van der Waals surface area contributed by atoms with E-state index in [1.165, 1.54) is 22.6 Å². The number of rotatable bonds is 7. The van der Waals surface area contributed by atoms with Gasteiger partial charge in [0.15, 0.2) is 0 Å². The third-order valence-electron chi connectivity index (χ3n) is 4.04. The summed E-state index contributed by atoms with van der Waals surface area (Å²) >= 11 is 1.76. The smallest absolute Gasteiger partial charge is 0.315 e. The van der Waals surface area contributed by atoms with Gasteiger partial charge in [0.2, 0.25) is 5.91 Å². The van der Waals surface area contributed by atoms with Crippen LogP contribution >= 0.6 is 11.3 Å². The van der Waals surface area contributed by atoms with Gasteiger partial charge in [-0.25, -0.2) is 4.79 Å². The van der Waals surface area contributed by atoms with Crippen LogP contribution in [0.1, 0.15) is 48.8 Å². The van der Waals surface area contributed by atoms with E-state index >= 15 is 0 Å². The monoisotopic (exact) mass is 337 g/mol. The zero-order valence-corrected chi connectivity index (χ0v) is 14.8. The third kappa shape index (κ3) is 6.60. The minimum absolute atomic E-state index is 0.0271. The maximum absolute atomic E-state index is 11.8. The molecular weight excluding hydrogens is 310 g/mol. The highest BCUT2D eigenvalue weighted by molar-refractivity contribution is 7.11. The van der Waals surface area contributed by atoms with Crippen LogP contribution in [0.4, 0.5) is 4.79 Å². The van der Waals surface area contributed by atoms with Gasteiger partial charge in [-0.2, -0.15) is 0 Å². The van der Waals surface area contributed by atoms with E-state index in [0.717, 1.165) is 19.3 Å². The Kier molecular flexibility index (Phi) is 6.89. The van der Waals surface area contributed by atoms with Crippen LogP contribution in [0.25, 0.3) is 0 Å². The van der Waals surface area contributed by atoms with E-state index in [-0.39, 0.29) is 18.0 Å². The maximum Gasteiger partial charge on any atom is 0.315 e. The normalized spacial score (nSPS) is 16.1. The van der Waals surface area contributed by atoms with Crippen LogP contribution in [-0.4, -0.2) is 30.6 Å². The molecule has 0 unspecified atom stereocenters. The summed E-state index contributed by atoms with van der Waals surface area (Å²) in [6.45, 7) is 4.44. The van der Waals surface area contributed by atoms with Crippen LogP contribution in [0.15, 0.2) is 12.1 Å². The van der Waals surface area contributed by atoms with Crippen molar-refractivity contribution in [1.82, 2.24) is 16.0 Å². The zero-order chi connectivity index (χ0) is 16.7. The summed E-state index contributed by atoms with van der Waals surface area (Å²) in [4.78, 5) is 26.1. The van der Waals surface area contributed by atoms with Gasteiger partial charge in [0, 0.05) is 41.2 Å². The summed E-state index contributed by atoms with van der Waals surface area (Å²) in [5.74, 6) is 0.0271. The predicted molar refractivity (Wildman–Crippen MR) is 93.8 cm³/mol. The lowest BCUT2D eigenvalue weighted by Crippen LogP contribution is -2.43. The second kappa shape index (κ2) is 8.91. The fraction of sp³-hybridized carbons (Fsp3) is 0.647. The molecule has 0 aromatic carbocycles. The molecule has 6 heteroatoms. The fourth-order valence-electron chi connectivity index (χ4n) is 2.88. The molecule has 128 valence electrons. The van der Waals surface area contributed by atoms with E-state index in [0.29, 0.717) is 19.0 Å². The molecule has 2 rings (SSSR count). The van der Waals surface area contributed by atoms with Crippen LogP contribution in [0.5, 0.6) is 0 Å². The largest absolute Gasteiger partial charge is 0.353 e. The van der Waals surface area contributed by atoms with E-state index in [9.17, 15) is 9.59 Å². The first-order valence-corrected chi connectivity index (χ1v) is 9.23. The molecule has 23 heavy (non-hydrogen) atoms. The Bertz CT molecular complexity index is 524. The van der Waals surface area contributed by atoms with Crippen molar-refractivity contribution in [3.8, 4) is 0 Å². The number of amides is 3. The molecule has 1 aromatic heterocycles. The number of aryl methyl sites for hydroxylation is 1. The minimum Gasteiger partial charge on any atom is -0.353 e. The molecule has 1 fully saturated rings. The Morgan fingerprint density at radius 3 is 2.70 bits per heavy atom. The van der Waals surface area contributed by atoms with E-state index in [4.69, 9.17) is 0 Å². The molecule has 3 N–H and O–H groups in total. The predicted octanol–water partition coefficient (Wildman–Crippen LogP) is 2.74. The first-order chi connectivity index (χ1) is 11.0. The molecule has 0 radical (unpaired) electrons. The molecular formula is C17H27N3O2S. The lowest BCUT2D eigenvalue weighted by atomic mass is 10.2. The van der Waals surface area contributed by atoms with Crippen LogP contribution in [0, 0.1) is 6.92 Å². The summed E-state index contributed by atoms with van der Waals surface area (Å²) in [7, 11) is 0. The molecule has 0 bridgehead atoms.